The summed E-state index contributed by atoms with van der Waals surface area (Å²) in [6.07, 6.45) is 4.50. The smallest absolute Gasteiger partial charge is 0.278 e. The zero-order chi connectivity index (χ0) is 20.3. The molecule has 0 atom stereocenters. The number of aromatic nitrogens is 6. The highest BCUT2D eigenvalue weighted by molar-refractivity contribution is 5.77. The van der Waals surface area contributed by atoms with Crippen molar-refractivity contribution >= 4 is 0 Å². The van der Waals surface area contributed by atoms with Crippen molar-refractivity contribution in [1.29, 1.82) is 0 Å². The Kier molecular flexibility index (Phi) is 3.68. The van der Waals surface area contributed by atoms with Crippen molar-refractivity contribution in [3.63, 3.8) is 0 Å². The molecule has 0 N–H and O–H groups in total. The van der Waals surface area contributed by atoms with Gasteiger partial charge in [0, 0.05) is 36.2 Å². The Morgan fingerprint density at radius 2 is 2.00 bits per heavy atom. The third kappa shape index (κ3) is 2.74. The van der Waals surface area contributed by atoms with Crippen LogP contribution in [0.2, 0.25) is 0 Å². The third-order valence-electron chi connectivity index (χ3n) is 5.15. The minimum atomic E-state index is -0.196. The van der Waals surface area contributed by atoms with Gasteiger partial charge in [0.2, 0.25) is 0 Å². The lowest BCUT2D eigenvalue weighted by Crippen LogP contribution is -2.13. The lowest BCUT2D eigenvalue weighted by Gasteiger charge is -2.11. The monoisotopic (exact) mass is 390 g/mol. The van der Waals surface area contributed by atoms with Crippen molar-refractivity contribution in [1.82, 2.24) is 29.5 Å². The van der Waals surface area contributed by atoms with Crippen LogP contribution in [0, 0.1) is 0 Å². The molecule has 0 aliphatic carbocycles. The summed E-state index contributed by atoms with van der Waals surface area (Å²) in [5.74, 6) is 1.89. The molecule has 0 saturated carbocycles. The Morgan fingerprint density at radius 1 is 1.17 bits per heavy atom. The first-order chi connectivity index (χ1) is 13.8. The van der Waals surface area contributed by atoms with Gasteiger partial charge in [0.15, 0.2) is 11.5 Å². The summed E-state index contributed by atoms with van der Waals surface area (Å²) in [7, 11) is 3.60. The van der Waals surface area contributed by atoms with Crippen LogP contribution in [0.1, 0.15) is 37.9 Å². The molecule has 8 heteroatoms. The number of benzene rings is 1. The van der Waals surface area contributed by atoms with Gasteiger partial charge in [-0.15, -0.1) is 0 Å². The van der Waals surface area contributed by atoms with Crippen molar-refractivity contribution in [2.75, 3.05) is 7.11 Å². The van der Waals surface area contributed by atoms with Gasteiger partial charge in [-0.25, -0.2) is 4.98 Å². The molecule has 0 amide bonds. The average molecular weight is 390 g/mol. The van der Waals surface area contributed by atoms with Crippen LogP contribution in [0.5, 0.6) is 5.75 Å². The zero-order valence-corrected chi connectivity index (χ0v) is 17.1. The van der Waals surface area contributed by atoms with Crippen LogP contribution in [0.15, 0.2) is 35.2 Å². The second-order valence-corrected chi connectivity index (χ2v) is 8.32. The molecule has 0 radical (unpaired) electrons. The van der Waals surface area contributed by atoms with Crippen LogP contribution in [0.3, 0.4) is 0 Å². The summed E-state index contributed by atoms with van der Waals surface area (Å²) in [5.41, 5.74) is 5.54. The largest absolute Gasteiger partial charge is 0.497 e. The van der Waals surface area contributed by atoms with Crippen LogP contribution in [0.25, 0.3) is 28.5 Å². The lowest BCUT2D eigenvalue weighted by molar-refractivity contribution is 0.401. The van der Waals surface area contributed by atoms with Gasteiger partial charge in [-0.3, -0.25) is 4.68 Å². The van der Waals surface area contributed by atoms with E-state index in [2.05, 4.69) is 40.5 Å². The fourth-order valence-corrected chi connectivity index (χ4v) is 3.67. The maximum absolute atomic E-state index is 5.58. The fourth-order valence-electron chi connectivity index (χ4n) is 3.67. The molecule has 29 heavy (non-hydrogen) atoms. The molecular weight excluding hydrogens is 368 g/mol. The Hall–Kier alpha value is -3.42. The molecule has 1 aromatic carbocycles. The average Bonchev–Trinajstić information content (AvgIpc) is 3.38. The van der Waals surface area contributed by atoms with Crippen LogP contribution in [0.4, 0.5) is 0 Å². The second kappa shape index (κ2) is 6.04. The van der Waals surface area contributed by atoms with Gasteiger partial charge in [0.05, 0.1) is 24.2 Å². The van der Waals surface area contributed by atoms with Crippen molar-refractivity contribution in [3.05, 3.63) is 47.8 Å². The van der Waals surface area contributed by atoms with Gasteiger partial charge in [0.1, 0.15) is 12.1 Å². The SMILES string of the molecule is COc1ccc2c(c1)-c1nn(C)cc1Cc1c(-c3nc(C(C)(C)C)no3)ncn1-2. The van der Waals surface area contributed by atoms with E-state index in [4.69, 9.17) is 14.4 Å². The topological polar surface area (TPSA) is 83.8 Å². The second-order valence-electron chi connectivity index (χ2n) is 8.32. The van der Waals surface area contributed by atoms with E-state index in [1.165, 1.54) is 0 Å². The number of aryl methyl sites for hydroxylation is 1. The third-order valence-corrected chi connectivity index (χ3v) is 5.15. The predicted molar refractivity (Wildman–Crippen MR) is 107 cm³/mol. The number of imidazole rings is 1. The maximum Gasteiger partial charge on any atom is 0.278 e. The van der Waals surface area contributed by atoms with Gasteiger partial charge < -0.3 is 13.8 Å². The molecule has 0 fully saturated rings. The molecule has 1 aliphatic heterocycles. The standard InChI is InChI=1S/C21H22N6O2/c1-21(2,3)20-23-19(29-25-20)18-16-8-12-10-26(4)24-17(12)14-9-13(28-5)6-7-15(14)27(16)11-22-18/h6-7,9-11H,8H2,1-5H3. The molecular formula is C21H22N6O2. The van der Waals surface area contributed by atoms with Gasteiger partial charge >= 0.3 is 0 Å². The van der Waals surface area contributed by atoms with E-state index in [0.29, 0.717) is 23.8 Å². The minimum Gasteiger partial charge on any atom is -0.497 e. The molecule has 3 aromatic heterocycles. The van der Waals surface area contributed by atoms with E-state index in [9.17, 15) is 0 Å². The van der Waals surface area contributed by atoms with Crippen molar-refractivity contribution in [2.45, 2.75) is 32.6 Å². The van der Waals surface area contributed by atoms with Crippen molar-refractivity contribution in [2.24, 2.45) is 7.05 Å². The first kappa shape index (κ1) is 17.7. The normalized spacial score (nSPS) is 12.9. The molecule has 8 nitrogen and oxygen atoms in total. The van der Waals surface area contributed by atoms with Crippen LogP contribution in [-0.2, 0) is 18.9 Å². The van der Waals surface area contributed by atoms with Crippen LogP contribution < -0.4 is 4.74 Å². The molecule has 4 heterocycles. The van der Waals surface area contributed by atoms with E-state index in [1.54, 1.807) is 7.11 Å². The lowest BCUT2D eigenvalue weighted by atomic mass is 9.96. The number of methoxy groups -OCH3 is 1. The van der Waals surface area contributed by atoms with E-state index in [-0.39, 0.29) is 5.41 Å². The molecule has 0 saturated heterocycles. The Balaban J connectivity index is 1.72. The summed E-state index contributed by atoms with van der Waals surface area (Å²) in [6, 6.07) is 5.99. The van der Waals surface area contributed by atoms with Crippen molar-refractivity contribution in [3.8, 4) is 34.3 Å². The number of nitrogens with zero attached hydrogens (tertiary/aromatic N) is 6. The Morgan fingerprint density at radius 3 is 2.72 bits per heavy atom. The molecule has 148 valence electrons. The summed E-state index contributed by atoms with van der Waals surface area (Å²) >= 11 is 0. The van der Waals surface area contributed by atoms with Gasteiger partial charge in [0.25, 0.3) is 5.89 Å². The van der Waals surface area contributed by atoms with Gasteiger partial charge in [-0.05, 0) is 18.2 Å². The maximum atomic E-state index is 5.58. The van der Waals surface area contributed by atoms with Gasteiger partial charge in [-0.1, -0.05) is 25.9 Å². The highest BCUT2D eigenvalue weighted by Crippen LogP contribution is 2.39. The first-order valence-electron chi connectivity index (χ1n) is 9.47. The van der Waals surface area contributed by atoms with Gasteiger partial charge in [-0.2, -0.15) is 10.1 Å². The molecule has 4 aromatic rings. The molecule has 5 rings (SSSR count). The Labute approximate surface area is 168 Å². The number of ether oxygens (including phenoxy) is 1. The molecule has 0 unspecified atom stereocenters. The van der Waals surface area contributed by atoms with E-state index in [0.717, 1.165) is 34.0 Å². The Bertz CT molecular complexity index is 1220. The van der Waals surface area contributed by atoms with E-state index >= 15 is 0 Å². The number of hydrogen-bond donors (Lipinski definition) is 0. The quantitative estimate of drug-likeness (QED) is 0.458. The first-order valence-corrected chi connectivity index (χ1v) is 9.47. The number of fused-ring (bicyclic) bond motifs is 5. The van der Waals surface area contributed by atoms with Crippen LogP contribution >= 0.6 is 0 Å². The summed E-state index contributed by atoms with van der Waals surface area (Å²) in [4.78, 5) is 9.25. The number of hydrogen-bond acceptors (Lipinski definition) is 6. The summed E-state index contributed by atoms with van der Waals surface area (Å²) in [5, 5.41) is 8.87. The van der Waals surface area contributed by atoms with Crippen LogP contribution in [-0.4, -0.2) is 36.6 Å². The molecule has 1 aliphatic rings. The van der Waals surface area contributed by atoms with E-state index in [1.807, 2.05) is 42.5 Å². The molecule has 0 bridgehead atoms. The summed E-state index contributed by atoms with van der Waals surface area (Å²) < 4.78 is 14.9. The minimum absolute atomic E-state index is 0.196. The summed E-state index contributed by atoms with van der Waals surface area (Å²) in [6.45, 7) is 6.17. The van der Waals surface area contributed by atoms with Crippen molar-refractivity contribution < 1.29 is 9.26 Å². The number of rotatable bonds is 2. The molecule has 0 spiro atoms. The predicted octanol–water partition coefficient (Wildman–Crippen LogP) is 3.53. The van der Waals surface area contributed by atoms with E-state index < -0.39 is 0 Å². The highest BCUT2D eigenvalue weighted by atomic mass is 16.5. The highest BCUT2D eigenvalue weighted by Gasteiger charge is 2.29. The zero-order valence-electron chi connectivity index (χ0n) is 17.1. The fraction of sp³-hybridized carbons (Fsp3) is 0.333.